The number of nitrogens with zero attached hydrogens (tertiary/aromatic N) is 2. The van der Waals surface area contributed by atoms with Crippen LogP contribution in [0.3, 0.4) is 0 Å². The monoisotopic (exact) mass is 351 g/mol. The lowest BCUT2D eigenvalue weighted by atomic mass is 10.1. The molecular weight excluding hydrogens is 330 g/mol. The van der Waals surface area contributed by atoms with E-state index in [0.29, 0.717) is 22.2 Å². The molecule has 1 aliphatic heterocycles. The van der Waals surface area contributed by atoms with E-state index in [1.54, 1.807) is 35.1 Å². The summed E-state index contributed by atoms with van der Waals surface area (Å²) in [6.07, 6.45) is 5.54. The predicted molar refractivity (Wildman–Crippen MR) is 98.1 cm³/mol. The van der Waals surface area contributed by atoms with Crippen LogP contribution in [0.25, 0.3) is 10.9 Å². The van der Waals surface area contributed by atoms with E-state index >= 15 is 0 Å². The molecule has 1 atom stereocenters. The zero-order valence-electron chi connectivity index (χ0n) is 14.7. The fraction of sp³-hybridized carbons (Fsp3) is 0.350. The van der Waals surface area contributed by atoms with Gasteiger partial charge in [-0.2, -0.15) is 0 Å². The van der Waals surface area contributed by atoms with Gasteiger partial charge in [-0.3, -0.25) is 14.2 Å². The fourth-order valence-corrected chi connectivity index (χ4v) is 3.45. The van der Waals surface area contributed by atoms with Gasteiger partial charge in [-0.25, -0.2) is 4.98 Å². The zero-order valence-corrected chi connectivity index (χ0v) is 14.7. The van der Waals surface area contributed by atoms with Crippen molar-refractivity contribution in [3.8, 4) is 0 Å². The quantitative estimate of drug-likeness (QED) is 0.786. The van der Waals surface area contributed by atoms with E-state index in [1.807, 2.05) is 13.0 Å². The SMILES string of the molecule is CC(NC(=O)c1ccc2c(=O)n3c(nc2c1)CCCCC3)c1ccco1. The molecule has 3 heterocycles. The number of fused-ring (bicyclic) bond motifs is 2. The summed E-state index contributed by atoms with van der Waals surface area (Å²) in [6.45, 7) is 2.59. The van der Waals surface area contributed by atoms with Gasteiger partial charge < -0.3 is 9.73 Å². The highest BCUT2D eigenvalue weighted by Gasteiger charge is 2.17. The number of carbonyl (C=O) groups excluding carboxylic acids is 1. The number of nitrogens with one attached hydrogen (secondary N) is 1. The molecule has 134 valence electrons. The molecule has 3 aromatic rings. The van der Waals surface area contributed by atoms with E-state index in [4.69, 9.17) is 4.42 Å². The molecule has 6 nitrogen and oxygen atoms in total. The standard InChI is InChI=1S/C20H21N3O3/c1-13(17-6-5-11-26-17)21-19(24)14-8-9-15-16(12-14)22-18-7-3-2-4-10-23(18)20(15)25/h5-6,8-9,11-13H,2-4,7,10H2,1H3,(H,21,24). The molecule has 1 N–H and O–H groups in total. The lowest BCUT2D eigenvalue weighted by Crippen LogP contribution is -2.27. The lowest BCUT2D eigenvalue weighted by molar-refractivity contribution is 0.0935. The number of hydrogen-bond donors (Lipinski definition) is 1. The summed E-state index contributed by atoms with van der Waals surface area (Å²) in [4.78, 5) is 30.0. The van der Waals surface area contributed by atoms with Crippen molar-refractivity contribution in [3.63, 3.8) is 0 Å². The van der Waals surface area contributed by atoms with E-state index in [1.165, 1.54) is 0 Å². The number of furan rings is 1. The van der Waals surface area contributed by atoms with Gasteiger partial charge in [0.2, 0.25) is 0 Å². The first-order chi connectivity index (χ1) is 12.6. The minimum absolute atomic E-state index is 0.0113. The first-order valence-electron chi connectivity index (χ1n) is 9.01. The highest BCUT2D eigenvalue weighted by atomic mass is 16.3. The van der Waals surface area contributed by atoms with E-state index in [0.717, 1.165) is 38.1 Å². The summed E-state index contributed by atoms with van der Waals surface area (Å²) in [5, 5.41) is 3.47. The van der Waals surface area contributed by atoms with Gasteiger partial charge in [-0.1, -0.05) is 6.42 Å². The zero-order chi connectivity index (χ0) is 18.1. The van der Waals surface area contributed by atoms with Crippen molar-refractivity contribution >= 4 is 16.8 Å². The summed E-state index contributed by atoms with van der Waals surface area (Å²) in [5.41, 5.74) is 1.06. The molecule has 1 aliphatic rings. The molecule has 6 heteroatoms. The van der Waals surface area contributed by atoms with Gasteiger partial charge in [0.1, 0.15) is 11.6 Å². The second-order valence-electron chi connectivity index (χ2n) is 6.74. The smallest absolute Gasteiger partial charge is 0.261 e. The highest BCUT2D eigenvalue weighted by molar-refractivity contribution is 5.97. The van der Waals surface area contributed by atoms with Gasteiger partial charge in [0, 0.05) is 18.5 Å². The lowest BCUT2D eigenvalue weighted by Gasteiger charge is -2.13. The van der Waals surface area contributed by atoms with Gasteiger partial charge >= 0.3 is 0 Å². The van der Waals surface area contributed by atoms with Gasteiger partial charge in [0.25, 0.3) is 11.5 Å². The number of rotatable bonds is 3. The maximum atomic E-state index is 12.8. The van der Waals surface area contributed by atoms with Crippen LogP contribution in [-0.4, -0.2) is 15.5 Å². The molecule has 0 spiro atoms. The average molecular weight is 351 g/mol. The molecular formula is C20H21N3O3. The molecule has 0 radical (unpaired) electrons. The Morgan fingerprint density at radius 1 is 1.27 bits per heavy atom. The Balaban J connectivity index is 1.67. The third-order valence-corrected chi connectivity index (χ3v) is 4.90. The maximum absolute atomic E-state index is 12.8. The molecule has 0 saturated heterocycles. The minimum Gasteiger partial charge on any atom is -0.467 e. The Morgan fingerprint density at radius 2 is 2.15 bits per heavy atom. The molecule has 0 bridgehead atoms. The minimum atomic E-state index is -0.237. The van der Waals surface area contributed by atoms with Crippen LogP contribution < -0.4 is 10.9 Å². The van der Waals surface area contributed by atoms with Crippen molar-refractivity contribution in [2.24, 2.45) is 0 Å². The van der Waals surface area contributed by atoms with E-state index in [-0.39, 0.29) is 17.5 Å². The normalized spacial score (nSPS) is 15.3. The Labute approximate surface area is 150 Å². The Kier molecular flexibility index (Phi) is 4.32. The fourth-order valence-electron chi connectivity index (χ4n) is 3.45. The maximum Gasteiger partial charge on any atom is 0.261 e. The van der Waals surface area contributed by atoms with E-state index < -0.39 is 0 Å². The summed E-state index contributed by atoms with van der Waals surface area (Å²) in [6, 6.07) is 8.46. The molecule has 2 aromatic heterocycles. The second kappa shape index (κ2) is 6.78. The van der Waals surface area contributed by atoms with Crippen LogP contribution in [0.5, 0.6) is 0 Å². The van der Waals surface area contributed by atoms with Gasteiger partial charge in [0.15, 0.2) is 0 Å². The molecule has 1 unspecified atom stereocenters. The molecule has 4 rings (SSSR count). The summed E-state index contributed by atoms with van der Waals surface area (Å²) < 4.78 is 7.11. The molecule has 1 aromatic carbocycles. The van der Waals surface area contributed by atoms with Crippen LogP contribution in [-0.2, 0) is 13.0 Å². The number of amides is 1. The molecule has 26 heavy (non-hydrogen) atoms. The largest absolute Gasteiger partial charge is 0.467 e. The number of carbonyl (C=O) groups is 1. The predicted octanol–water partition coefficient (Wildman–Crippen LogP) is 3.21. The first kappa shape index (κ1) is 16.6. The van der Waals surface area contributed by atoms with Crippen molar-refractivity contribution in [2.45, 2.75) is 45.2 Å². The van der Waals surface area contributed by atoms with Crippen LogP contribution in [0.2, 0.25) is 0 Å². The average Bonchev–Trinajstić information content (AvgIpc) is 3.08. The number of benzene rings is 1. The van der Waals surface area contributed by atoms with Gasteiger partial charge in [-0.05, 0) is 50.1 Å². The summed E-state index contributed by atoms with van der Waals surface area (Å²) >= 11 is 0. The third-order valence-electron chi connectivity index (χ3n) is 4.90. The van der Waals surface area contributed by atoms with Crippen molar-refractivity contribution in [3.05, 3.63) is 64.1 Å². The molecule has 0 aliphatic carbocycles. The van der Waals surface area contributed by atoms with Gasteiger partial charge in [0.05, 0.1) is 23.2 Å². The summed E-state index contributed by atoms with van der Waals surface area (Å²) in [7, 11) is 0. The molecule has 1 amide bonds. The first-order valence-corrected chi connectivity index (χ1v) is 9.01. The van der Waals surface area contributed by atoms with E-state index in [9.17, 15) is 9.59 Å². The number of aryl methyl sites for hydroxylation is 1. The van der Waals surface area contributed by atoms with E-state index in [2.05, 4.69) is 10.3 Å². The van der Waals surface area contributed by atoms with Gasteiger partial charge in [-0.15, -0.1) is 0 Å². The number of hydrogen-bond acceptors (Lipinski definition) is 4. The van der Waals surface area contributed by atoms with Crippen molar-refractivity contribution in [1.29, 1.82) is 0 Å². The molecule has 0 saturated carbocycles. The van der Waals surface area contributed by atoms with Crippen LogP contribution in [0.4, 0.5) is 0 Å². The second-order valence-corrected chi connectivity index (χ2v) is 6.74. The third kappa shape index (κ3) is 3.03. The highest BCUT2D eigenvalue weighted by Crippen LogP contribution is 2.18. The van der Waals surface area contributed by atoms with Crippen LogP contribution >= 0.6 is 0 Å². The summed E-state index contributed by atoms with van der Waals surface area (Å²) in [5.74, 6) is 1.30. The number of aromatic nitrogens is 2. The Morgan fingerprint density at radius 3 is 2.96 bits per heavy atom. The topological polar surface area (TPSA) is 77.1 Å². The van der Waals surface area contributed by atoms with Crippen LogP contribution in [0, 0.1) is 0 Å². The van der Waals surface area contributed by atoms with Crippen molar-refractivity contribution in [2.75, 3.05) is 0 Å². The van der Waals surface area contributed by atoms with Crippen LogP contribution in [0.1, 0.15) is 54.2 Å². The Bertz CT molecular complexity index is 1010. The molecule has 0 fully saturated rings. The van der Waals surface area contributed by atoms with Crippen molar-refractivity contribution < 1.29 is 9.21 Å². The van der Waals surface area contributed by atoms with Crippen molar-refractivity contribution in [1.82, 2.24) is 14.9 Å². The van der Waals surface area contributed by atoms with Crippen LogP contribution in [0.15, 0.2) is 45.8 Å². The Hall–Kier alpha value is -2.89.